The van der Waals surface area contributed by atoms with E-state index in [2.05, 4.69) is 5.32 Å². The van der Waals surface area contributed by atoms with Crippen molar-refractivity contribution in [3.63, 3.8) is 0 Å². The van der Waals surface area contributed by atoms with Crippen LogP contribution in [0.25, 0.3) is 0 Å². The number of hydrogen-bond donors (Lipinski definition) is 2. The molecule has 1 atom stereocenters. The Bertz CT molecular complexity index is 571. The van der Waals surface area contributed by atoms with E-state index in [-0.39, 0.29) is 6.54 Å². The van der Waals surface area contributed by atoms with E-state index >= 15 is 0 Å². The predicted molar refractivity (Wildman–Crippen MR) is 61.8 cm³/mol. The smallest absolute Gasteiger partial charge is 0.328 e. The van der Waals surface area contributed by atoms with Gasteiger partial charge >= 0.3 is 5.97 Å². The number of nitrogens with zero attached hydrogens (tertiary/aromatic N) is 1. The van der Waals surface area contributed by atoms with Gasteiger partial charge in [-0.1, -0.05) is 6.07 Å². The molecule has 1 heterocycles. The molecule has 1 saturated heterocycles. The van der Waals surface area contributed by atoms with E-state index in [4.69, 9.17) is 5.11 Å². The van der Waals surface area contributed by atoms with Crippen molar-refractivity contribution < 1.29 is 28.3 Å². The fourth-order valence-corrected chi connectivity index (χ4v) is 1.92. The van der Waals surface area contributed by atoms with Crippen molar-refractivity contribution in [3.8, 4) is 0 Å². The van der Waals surface area contributed by atoms with E-state index in [1.807, 2.05) is 0 Å². The maximum absolute atomic E-state index is 13.5. The zero-order valence-corrected chi connectivity index (χ0v) is 10.1. The Morgan fingerprint density at radius 3 is 2.45 bits per heavy atom. The maximum atomic E-state index is 13.5. The van der Waals surface area contributed by atoms with E-state index in [9.17, 15) is 23.2 Å². The molecule has 0 aromatic heterocycles. The Hall–Kier alpha value is -2.51. The van der Waals surface area contributed by atoms with Crippen LogP contribution in [0.5, 0.6) is 0 Å². The molecule has 20 heavy (non-hydrogen) atoms. The first-order valence-corrected chi connectivity index (χ1v) is 5.66. The van der Waals surface area contributed by atoms with Crippen molar-refractivity contribution in [1.29, 1.82) is 0 Å². The molecule has 1 aromatic carbocycles. The number of aliphatic carboxylic acids is 1. The number of benzene rings is 1. The minimum Gasteiger partial charge on any atom is -0.480 e. The van der Waals surface area contributed by atoms with Gasteiger partial charge in [0, 0.05) is 6.54 Å². The topological polar surface area (TPSA) is 86.7 Å². The van der Waals surface area contributed by atoms with Crippen molar-refractivity contribution in [2.45, 2.75) is 6.04 Å². The number of carbonyl (C=O) groups excluding carboxylic acids is 2. The van der Waals surface area contributed by atoms with Gasteiger partial charge < -0.3 is 15.3 Å². The number of rotatable bonds is 2. The van der Waals surface area contributed by atoms with Gasteiger partial charge in [-0.3, -0.25) is 9.59 Å². The number of halogens is 2. The number of amides is 2. The average molecular weight is 284 g/mol. The second-order valence-corrected chi connectivity index (χ2v) is 4.19. The second kappa shape index (κ2) is 5.24. The van der Waals surface area contributed by atoms with E-state index in [0.717, 1.165) is 18.2 Å². The van der Waals surface area contributed by atoms with Crippen molar-refractivity contribution in [2.24, 2.45) is 0 Å². The third kappa shape index (κ3) is 2.44. The monoisotopic (exact) mass is 284 g/mol. The number of hydrogen-bond acceptors (Lipinski definition) is 3. The summed E-state index contributed by atoms with van der Waals surface area (Å²) in [7, 11) is 0. The molecule has 106 valence electrons. The van der Waals surface area contributed by atoms with E-state index < -0.39 is 47.6 Å². The van der Waals surface area contributed by atoms with Gasteiger partial charge in [0.2, 0.25) is 5.91 Å². The molecular formula is C12H10F2N2O4. The van der Waals surface area contributed by atoms with E-state index in [1.54, 1.807) is 0 Å². The van der Waals surface area contributed by atoms with Gasteiger partial charge in [0.25, 0.3) is 5.91 Å². The van der Waals surface area contributed by atoms with Crippen molar-refractivity contribution >= 4 is 17.8 Å². The van der Waals surface area contributed by atoms with Gasteiger partial charge in [-0.05, 0) is 12.1 Å². The van der Waals surface area contributed by atoms with Crippen LogP contribution in [-0.2, 0) is 9.59 Å². The number of carboxylic acid groups (broad SMARTS) is 1. The van der Waals surface area contributed by atoms with Crippen molar-refractivity contribution in [3.05, 3.63) is 35.4 Å². The highest BCUT2D eigenvalue weighted by molar-refractivity contribution is 6.00. The van der Waals surface area contributed by atoms with Crippen LogP contribution in [-0.4, -0.2) is 46.9 Å². The molecule has 1 aromatic rings. The number of piperazine rings is 1. The summed E-state index contributed by atoms with van der Waals surface area (Å²) in [4.78, 5) is 35.1. The van der Waals surface area contributed by atoms with Crippen LogP contribution in [0.2, 0.25) is 0 Å². The summed E-state index contributed by atoms with van der Waals surface area (Å²) in [5, 5.41) is 11.3. The Kier molecular flexibility index (Phi) is 3.64. The highest BCUT2D eigenvalue weighted by Gasteiger charge is 2.37. The summed E-state index contributed by atoms with van der Waals surface area (Å²) < 4.78 is 27.1. The predicted octanol–water partition coefficient (Wildman–Crippen LogP) is -0.01000. The van der Waals surface area contributed by atoms with Gasteiger partial charge in [-0.25, -0.2) is 13.6 Å². The third-order valence-electron chi connectivity index (χ3n) is 2.91. The summed E-state index contributed by atoms with van der Waals surface area (Å²) in [6.45, 7) is -0.875. The summed E-state index contributed by atoms with van der Waals surface area (Å²) >= 11 is 0. The summed E-state index contributed by atoms with van der Waals surface area (Å²) in [6, 6.07) is 1.49. The molecule has 6 nitrogen and oxygen atoms in total. The number of nitrogens with one attached hydrogen (secondary N) is 1. The fourth-order valence-electron chi connectivity index (χ4n) is 1.92. The average Bonchev–Trinajstić information content (AvgIpc) is 2.37. The van der Waals surface area contributed by atoms with Crippen LogP contribution >= 0.6 is 0 Å². The lowest BCUT2D eigenvalue weighted by Crippen LogP contribution is -2.59. The van der Waals surface area contributed by atoms with Gasteiger partial charge in [0.1, 0.15) is 29.8 Å². The lowest BCUT2D eigenvalue weighted by Gasteiger charge is -2.32. The Labute approximate surface area is 112 Å². The lowest BCUT2D eigenvalue weighted by molar-refractivity contribution is -0.144. The summed E-state index contributed by atoms with van der Waals surface area (Å²) in [6.07, 6.45) is 0. The minimum atomic E-state index is -1.37. The largest absolute Gasteiger partial charge is 0.480 e. The van der Waals surface area contributed by atoms with Crippen LogP contribution in [0.15, 0.2) is 18.2 Å². The standard InChI is InChI=1S/C12H10F2N2O4/c13-6-2-1-3-7(14)10(6)11(18)16-5-9(17)15-4-8(16)12(19)20/h1-3,8H,4-5H2,(H,15,17)(H,19,20). The van der Waals surface area contributed by atoms with Crippen LogP contribution in [0.1, 0.15) is 10.4 Å². The van der Waals surface area contributed by atoms with E-state index in [0.29, 0.717) is 4.90 Å². The first-order valence-electron chi connectivity index (χ1n) is 5.66. The third-order valence-corrected chi connectivity index (χ3v) is 2.91. The molecule has 8 heteroatoms. The van der Waals surface area contributed by atoms with Gasteiger partial charge in [0.15, 0.2) is 0 Å². The van der Waals surface area contributed by atoms with Crippen LogP contribution in [0, 0.1) is 11.6 Å². The molecule has 0 spiro atoms. The first kappa shape index (κ1) is 13.9. The second-order valence-electron chi connectivity index (χ2n) is 4.19. The van der Waals surface area contributed by atoms with Crippen LogP contribution < -0.4 is 5.32 Å². The SMILES string of the molecule is O=C1CN(C(=O)c2c(F)cccc2F)C(C(=O)O)CN1. The molecule has 1 unspecified atom stereocenters. The van der Waals surface area contributed by atoms with Crippen molar-refractivity contribution in [2.75, 3.05) is 13.1 Å². The van der Waals surface area contributed by atoms with Gasteiger partial charge in [-0.15, -0.1) is 0 Å². The van der Waals surface area contributed by atoms with Crippen molar-refractivity contribution in [1.82, 2.24) is 10.2 Å². The molecule has 0 bridgehead atoms. The molecule has 1 aliphatic heterocycles. The zero-order valence-electron chi connectivity index (χ0n) is 10.1. The summed E-state index contributed by atoms with van der Waals surface area (Å²) in [5.74, 6) is -5.33. The minimum absolute atomic E-state index is 0.310. The molecule has 0 aliphatic carbocycles. The molecular weight excluding hydrogens is 274 g/mol. The van der Waals surface area contributed by atoms with Gasteiger partial charge in [-0.2, -0.15) is 0 Å². The molecule has 0 radical (unpaired) electrons. The normalized spacial score (nSPS) is 18.6. The summed E-state index contributed by atoms with van der Waals surface area (Å²) in [5.41, 5.74) is -0.867. The zero-order chi connectivity index (χ0) is 14.9. The fraction of sp³-hybridized carbons (Fsp3) is 0.250. The molecule has 0 saturated carbocycles. The van der Waals surface area contributed by atoms with Crippen LogP contribution in [0.4, 0.5) is 8.78 Å². The maximum Gasteiger partial charge on any atom is 0.328 e. The molecule has 2 N–H and O–H groups in total. The number of carboxylic acids is 1. The van der Waals surface area contributed by atoms with Crippen LogP contribution in [0.3, 0.4) is 0 Å². The Morgan fingerprint density at radius 1 is 1.30 bits per heavy atom. The Morgan fingerprint density at radius 2 is 1.90 bits per heavy atom. The quantitative estimate of drug-likeness (QED) is 0.799. The first-order chi connectivity index (χ1) is 9.41. The van der Waals surface area contributed by atoms with Gasteiger partial charge in [0.05, 0.1) is 0 Å². The molecule has 1 aliphatic rings. The molecule has 2 amide bonds. The number of carbonyl (C=O) groups is 3. The molecule has 2 rings (SSSR count). The van der Waals surface area contributed by atoms with E-state index in [1.165, 1.54) is 0 Å². The molecule has 1 fully saturated rings. The highest BCUT2D eigenvalue weighted by Crippen LogP contribution is 2.17. The highest BCUT2D eigenvalue weighted by atomic mass is 19.1. The Balaban J connectivity index is 2.39. The lowest BCUT2D eigenvalue weighted by atomic mass is 10.1.